The molecule has 2 aliphatic heterocycles. The third kappa shape index (κ3) is 7.16. The fourth-order valence-electron chi connectivity index (χ4n) is 4.96. The number of nitrogens with zero attached hydrogens (tertiary/aromatic N) is 2. The molecule has 0 aromatic heterocycles. The maximum Gasteiger partial charge on any atom is 0.248 e. The Morgan fingerprint density at radius 2 is 1.97 bits per heavy atom. The molecule has 0 radical (unpaired) electrons. The lowest BCUT2D eigenvalue weighted by Crippen LogP contribution is -2.58. The van der Waals surface area contributed by atoms with Crippen molar-refractivity contribution < 1.29 is 24.2 Å². The molecule has 2 amide bonds. The van der Waals surface area contributed by atoms with E-state index in [1.165, 1.54) is 0 Å². The normalized spacial score (nSPS) is 23.1. The van der Waals surface area contributed by atoms with E-state index in [9.17, 15) is 14.7 Å². The Bertz CT molecular complexity index is 1180. The monoisotopic (exact) mass is 556 g/mol. The van der Waals surface area contributed by atoms with Crippen LogP contribution in [-0.4, -0.2) is 77.2 Å². The minimum Gasteiger partial charge on any atom is -0.477 e. The number of nitrogens with one attached hydrogen (secondary N) is 1. The van der Waals surface area contributed by atoms with Crippen molar-refractivity contribution >= 4 is 29.3 Å². The number of ether oxygens (including phenoxy) is 2. The Labute approximate surface area is 234 Å². The zero-order valence-electron chi connectivity index (χ0n) is 22.4. The van der Waals surface area contributed by atoms with Gasteiger partial charge in [0.15, 0.2) is 0 Å². The van der Waals surface area contributed by atoms with Crippen LogP contribution in [0.25, 0.3) is 0 Å². The lowest BCUT2D eigenvalue weighted by atomic mass is 9.93. The fraction of sp³-hybridized carbons (Fsp3) is 0.483. The van der Waals surface area contributed by atoms with Crippen LogP contribution in [0.3, 0.4) is 0 Å². The van der Waals surface area contributed by atoms with Crippen molar-refractivity contribution in [3.63, 3.8) is 0 Å². The molecule has 2 aromatic carbocycles. The number of aliphatic imine (C=N–C) groups is 1. The SMILES string of the molecule is CC(N)C(=O)NC(C(=O)N1CCCC1C1=NC(CO)(Cc2cccc(Cl)c2)CO1)C(C)OCc1ccccc1. The van der Waals surface area contributed by atoms with Crippen molar-refractivity contribution in [1.29, 1.82) is 0 Å². The van der Waals surface area contributed by atoms with Crippen LogP contribution in [0.4, 0.5) is 0 Å². The molecule has 5 unspecified atom stereocenters. The summed E-state index contributed by atoms with van der Waals surface area (Å²) in [5, 5.41) is 13.7. The summed E-state index contributed by atoms with van der Waals surface area (Å²) in [5.74, 6) is -0.295. The summed E-state index contributed by atoms with van der Waals surface area (Å²) in [6, 6.07) is 14.9. The van der Waals surface area contributed by atoms with Gasteiger partial charge >= 0.3 is 0 Å². The second kappa shape index (κ2) is 12.9. The van der Waals surface area contributed by atoms with Crippen LogP contribution in [0, 0.1) is 0 Å². The van der Waals surface area contributed by atoms with E-state index in [0.717, 1.165) is 17.5 Å². The maximum absolute atomic E-state index is 13.9. The van der Waals surface area contributed by atoms with Crippen molar-refractivity contribution in [1.82, 2.24) is 10.2 Å². The first kappa shape index (κ1) is 29.0. The number of nitrogens with two attached hydrogens (primary N) is 1. The number of aliphatic hydroxyl groups excluding tert-OH is 1. The summed E-state index contributed by atoms with van der Waals surface area (Å²) >= 11 is 6.15. The summed E-state index contributed by atoms with van der Waals surface area (Å²) in [4.78, 5) is 33.0. The lowest BCUT2D eigenvalue weighted by molar-refractivity contribution is -0.141. The fourth-order valence-corrected chi connectivity index (χ4v) is 5.17. The van der Waals surface area contributed by atoms with Crippen LogP contribution in [0.5, 0.6) is 0 Å². The van der Waals surface area contributed by atoms with Gasteiger partial charge in [0.1, 0.15) is 24.2 Å². The molecule has 210 valence electrons. The number of amides is 2. The largest absolute Gasteiger partial charge is 0.477 e. The molecule has 1 fully saturated rings. The Kier molecular flexibility index (Phi) is 9.61. The van der Waals surface area contributed by atoms with Gasteiger partial charge in [0.05, 0.1) is 25.4 Å². The maximum atomic E-state index is 13.9. The van der Waals surface area contributed by atoms with Gasteiger partial charge in [0.25, 0.3) is 0 Å². The molecule has 4 N–H and O–H groups in total. The second-order valence-corrected chi connectivity index (χ2v) is 10.8. The predicted molar refractivity (Wildman–Crippen MR) is 149 cm³/mol. The molecule has 4 rings (SSSR count). The van der Waals surface area contributed by atoms with Gasteiger partial charge in [-0.15, -0.1) is 0 Å². The lowest BCUT2D eigenvalue weighted by Gasteiger charge is -2.32. The molecule has 0 spiro atoms. The van der Waals surface area contributed by atoms with Gasteiger partial charge in [-0.3, -0.25) is 9.59 Å². The van der Waals surface area contributed by atoms with E-state index in [-0.39, 0.29) is 19.1 Å². The van der Waals surface area contributed by atoms with Crippen LogP contribution >= 0.6 is 11.6 Å². The molecular weight excluding hydrogens is 520 g/mol. The minimum atomic E-state index is -0.941. The molecule has 2 heterocycles. The average molecular weight is 557 g/mol. The molecule has 2 aliphatic rings. The highest BCUT2D eigenvalue weighted by molar-refractivity contribution is 6.30. The van der Waals surface area contributed by atoms with E-state index >= 15 is 0 Å². The Morgan fingerprint density at radius 3 is 2.67 bits per heavy atom. The van der Waals surface area contributed by atoms with Crippen molar-refractivity contribution in [2.75, 3.05) is 19.8 Å². The number of hydrogen-bond acceptors (Lipinski definition) is 7. The smallest absolute Gasteiger partial charge is 0.248 e. The van der Waals surface area contributed by atoms with E-state index in [1.807, 2.05) is 48.5 Å². The van der Waals surface area contributed by atoms with Crippen LogP contribution in [0.2, 0.25) is 5.02 Å². The molecule has 0 aliphatic carbocycles. The van der Waals surface area contributed by atoms with Crippen LogP contribution in [0.1, 0.15) is 37.8 Å². The number of likely N-dealkylation sites (tertiary alicyclic amines) is 1. The van der Waals surface area contributed by atoms with E-state index in [4.69, 9.17) is 31.8 Å². The third-order valence-corrected chi connectivity index (χ3v) is 7.41. The van der Waals surface area contributed by atoms with E-state index in [1.54, 1.807) is 24.8 Å². The summed E-state index contributed by atoms with van der Waals surface area (Å²) in [6.07, 6.45) is 1.25. The zero-order chi connectivity index (χ0) is 28.0. The van der Waals surface area contributed by atoms with Crippen LogP contribution in [0.15, 0.2) is 59.6 Å². The van der Waals surface area contributed by atoms with Gasteiger partial charge < -0.3 is 30.5 Å². The highest BCUT2D eigenvalue weighted by Gasteiger charge is 2.44. The highest BCUT2D eigenvalue weighted by atomic mass is 35.5. The summed E-state index contributed by atoms with van der Waals surface area (Å²) in [6.45, 7) is 4.11. The molecule has 5 atom stereocenters. The minimum absolute atomic E-state index is 0.200. The summed E-state index contributed by atoms with van der Waals surface area (Å²) in [7, 11) is 0. The van der Waals surface area contributed by atoms with Gasteiger partial charge in [-0.25, -0.2) is 4.99 Å². The van der Waals surface area contributed by atoms with Crippen LogP contribution in [-0.2, 0) is 32.1 Å². The van der Waals surface area contributed by atoms with Crippen LogP contribution < -0.4 is 11.1 Å². The average Bonchev–Trinajstić information content (AvgIpc) is 3.58. The summed E-state index contributed by atoms with van der Waals surface area (Å²) < 4.78 is 12.0. The standard InChI is InChI=1S/C29H37ClN4O5/c1-19(31)26(36)32-25(20(2)38-16-21-8-4-3-5-9-21)28(37)34-13-7-12-24(34)27-33-29(17-35,18-39-27)15-22-10-6-11-23(30)14-22/h3-6,8-11,14,19-20,24-25,35H,7,12-13,15-18,31H2,1-2H3,(H,32,36). The van der Waals surface area contributed by atoms with Crippen molar-refractivity contribution in [3.05, 3.63) is 70.7 Å². The summed E-state index contributed by atoms with van der Waals surface area (Å²) in [5.41, 5.74) is 6.84. The Balaban J connectivity index is 1.52. The van der Waals surface area contributed by atoms with Crippen molar-refractivity contribution in [3.8, 4) is 0 Å². The number of aliphatic hydroxyl groups is 1. The van der Waals surface area contributed by atoms with Crippen molar-refractivity contribution in [2.45, 2.75) is 69.5 Å². The number of carbonyl (C=O) groups is 2. The highest BCUT2D eigenvalue weighted by Crippen LogP contribution is 2.30. The number of hydrogen-bond donors (Lipinski definition) is 3. The Morgan fingerprint density at radius 1 is 1.23 bits per heavy atom. The molecule has 9 nitrogen and oxygen atoms in total. The second-order valence-electron chi connectivity index (χ2n) is 10.4. The van der Waals surface area contributed by atoms with Gasteiger partial charge in [0, 0.05) is 18.0 Å². The van der Waals surface area contributed by atoms with E-state index in [0.29, 0.717) is 36.9 Å². The molecular formula is C29H37ClN4O5. The predicted octanol–water partition coefficient (Wildman–Crippen LogP) is 2.47. The first-order valence-electron chi connectivity index (χ1n) is 13.3. The number of rotatable bonds is 11. The van der Waals surface area contributed by atoms with Gasteiger partial charge in [-0.1, -0.05) is 54.1 Å². The number of halogens is 1. The first-order valence-corrected chi connectivity index (χ1v) is 13.7. The Hall–Kier alpha value is -2.98. The quantitative estimate of drug-likeness (QED) is 0.390. The first-order chi connectivity index (χ1) is 18.7. The number of benzene rings is 2. The van der Waals surface area contributed by atoms with Crippen molar-refractivity contribution in [2.24, 2.45) is 10.7 Å². The molecule has 0 saturated carbocycles. The van der Waals surface area contributed by atoms with Gasteiger partial charge in [-0.2, -0.15) is 0 Å². The molecule has 39 heavy (non-hydrogen) atoms. The van der Waals surface area contributed by atoms with E-state index in [2.05, 4.69) is 5.32 Å². The van der Waals surface area contributed by atoms with Gasteiger partial charge in [0.2, 0.25) is 17.7 Å². The third-order valence-electron chi connectivity index (χ3n) is 7.18. The van der Waals surface area contributed by atoms with Gasteiger partial charge in [-0.05, 0) is 49.9 Å². The molecule has 0 bridgehead atoms. The number of carbonyl (C=O) groups excluding carboxylic acids is 2. The zero-order valence-corrected chi connectivity index (χ0v) is 23.1. The topological polar surface area (TPSA) is 126 Å². The molecule has 10 heteroatoms. The molecule has 1 saturated heterocycles. The van der Waals surface area contributed by atoms with E-state index < -0.39 is 35.7 Å². The molecule has 2 aromatic rings.